The van der Waals surface area contributed by atoms with E-state index in [1.54, 1.807) is 6.07 Å². The lowest BCUT2D eigenvalue weighted by Crippen LogP contribution is -2.36. The van der Waals surface area contributed by atoms with Gasteiger partial charge in [-0.3, -0.25) is 14.6 Å². The van der Waals surface area contributed by atoms with Crippen LogP contribution in [0.1, 0.15) is 73.5 Å². The summed E-state index contributed by atoms with van der Waals surface area (Å²) >= 11 is 0. The molecule has 3 N–H and O–H groups in total. The van der Waals surface area contributed by atoms with Gasteiger partial charge in [-0.25, -0.2) is 8.78 Å². The van der Waals surface area contributed by atoms with E-state index in [4.69, 9.17) is 5.73 Å². The number of halogens is 2. The number of aromatic amines is 1. The van der Waals surface area contributed by atoms with Crippen LogP contribution in [0.4, 0.5) is 8.78 Å². The molecule has 2 saturated carbocycles. The number of nitrogens with two attached hydrogens (primary N) is 1. The van der Waals surface area contributed by atoms with Crippen LogP contribution in [-0.2, 0) is 0 Å². The third kappa shape index (κ3) is 3.54. The van der Waals surface area contributed by atoms with Crippen molar-refractivity contribution in [3.8, 4) is 0 Å². The number of nitrogens with zero attached hydrogens (tertiary/aromatic N) is 1. The van der Waals surface area contributed by atoms with E-state index in [1.807, 2.05) is 0 Å². The summed E-state index contributed by atoms with van der Waals surface area (Å²) in [5.74, 6) is -3.33. The summed E-state index contributed by atoms with van der Waals surface area (Å²) < 4.78 is 28.6. The van der Waals surface area contributed by atoms with Crippen molar-refractivity contribution >= 4 is 16.8 Å². The Labute approximate surface area is 161 Å². The van der Waals surface area contributed by atoms with Crippen molar-refractivity contribution in [2.75, 3.05) is 0 Å². The van der Waals surface area contributed by atoms with Gasteiger partial charge in [0.1, 0.15) is 5.69 Å². The van der Waals surface area contributed by atoms with Crippen molar-refractivity contribution in [3.05, 3.63) is 39.9 Å². The van der Waals surface area contributed by atoms with Crippen molar-refractivity contribution in [2.24, 2.45) is 17.6 Å². The Morgan fingerprint density at radius 3 is 2.68 bits per heavy atom. The highest BCUT2D eigenvalue weighted by Crippen LogP contribution is 2.50. The number of pyridine rings is 2. The van der Waals surface area contributed by atoms with Gasteiger partial charge < -0.3 is 10.7 Å². The van der Waals surface area contributed by atoms with E-state index < -0.39 is 23.2 Å². The van der Waals surface area contributed by atoms with Gasteiger partial charge in [0.05, 0.1) is 10.9 Å². The highest BCUT2D eigenvalue weighted by molar-refractivity contribution is 6.03. The number of H-pyrrole nitrogens is 1. The molecule has 2 atom stereocenters. The molecule has 7 heteroatoms. The third-order valence-corrected chi connectivity index (χ3v) is 6.53. The number of primary amides is 1. The second-order valence-electron chi connectivity index (χ2n) is 8.30. The summed E-state index contributed by atoms with van der Waals surface area (Å²) in [7, 11) is 0. The Morgan fingerprint density at radius 1 is 1.21 bits per heavy atom. The summed E-state index contributed by atoms with van der Waals surface area (Å²) in [6.45, 7) is 0. The molecule has 2 aromatic rings. The normalized spacial score (nSPS) is 25.6. The first-order valence-electron chi connectivity index (χ1n) is 10.1. The summed E-state index contributed by atoms with van der Waals surface area (Å²) in [6, 6.07) is 2.96. The van der Waals surface area contributed by atoms with E-state index in [0.717, 1.165) is 25.7 Å². The number of rotatable bonds is 3. The van der Waals surface area contributed by atoms with E-state index in [-0.39, 0.29) is 29.8 Å². The zero-order valence-electron chi connectivity index (χ0n) is 15.7. The van der Waals surface area contributed by atoms with Gasteiger partial charge >= 0.3 is 0 Å². The smallest absolute Gasteiger partial charge is 0.268 e. The van der Waals surface area contributed by atoms with Gasteiger partial charge in [-0.1, -0.05) is 32.1 Å². The van der Waals surface area contributed by atoms with Gasteiger partial charge in [0.15, 0.2) is 5.43 Å². The molecular weight excluding hydrogens is 364 g/mol. The van der Waals surface area contributed by atoms with E-state index in [1.165, 1.54) is 18.7 Å². The SMILES string of the molecule is NC(=O)c1nccc2[nH]c(C3CC(F)(F)CCC3C3CCCCC3)cc(=O)c12. The van der Waals surface area contributed by atoms with Gasteiger partial charge in [-0.05, 0) is 24.3 Å². The lowest BCUT2D eigenvalue weighted by molar-refractivity contribution is -0.0648. The van der Waals surface area contributed by atoms with E-state index >= 15 is 0 Å². The van der Waals surface area contributed by atoms with Crippen molar-refractivity contribution < 1.29 is 13.6 Å². The zero-order chi connectivity index (χ0) is 19.9. The largest absolute Gasteiger partial charge is 0.364 e. The molecule has 28 heavy (non-hydrogen) atoms. The molecule has 4 rings (SSSR count). The zero-order valence-corrected chi connectivity index (χ0v) is 15.7. The molecule has 2 aliphatic rings. The lowest BCUT2D eigenvalue weighted by atomic mass is 9.66. The standard InChI is InChI=1S/C21H25F2N3O2/c22-21(23)8-6-13(12-4-2-1-3-5-12)14(11-21)16-10-17(27)18-15(26-16)7-9-25-19(18)20(24)28/h7,9-10,12-14H,1-6,8,11H2,(H2,24,28)(H,26,27). The number of nitrogens with one attached hydrogen (secondary N) is 1. The van der Waals surface area contributed by atoms with Crippen LogP contribution in [-0.4, -0.2) is 21.8 Å². The molecule has 0 spiro atoms. The van der Waals surface area contributed by atoms with E-state index in [9.17, 15) is 18.4 Å². The second-order valence-corrected chi connectivity index (χ2v) is 8.30. The predicted octanol–water partition coefficient (Wildman–Crippen LogP) is 4.12. The summed E-state index contributed by atoms with van der Waals surface area (Å²) in [5, 5.41) is 0.121. The molecule has 0 radical (unpaired) electrons. The van der Waals surface area contributed by atoms with Crippen molar-refractivity contribution in [1.29, 1.82) is 0 Å². The molecule has 0 saturated heterocycles. The number of hydrogen-bond donors (Lipinski definition) is 2. The lowest BCUT2D eigenvalue weighted by Gasteiger charge is -2.41. The Kier molecular flexibility index (Phi) is 4.93. The van der Waals surface area contributed by atoms with Gasteiger partial charge in [-0.15, -0.1) is 0 Å². The summed E-state index contributed by atoms with van der Waals surface area (Å²) in [6.07, 6.45) is 7.18. The van der Waals surface area contributed by atoms with Crippen molar-refractivity contribution in [1.82, 2.24) is 9.97 Å². The first-order valence-corrected chi connectivity index (χ1v) is 10.1. The quantitative estimate of drug-likeness (QED) is 0.827. The van der Waals surface area contributed by atoms with Gasteiger partial charge in [0, 0.05) is 36.7 Å². The number of carbonyl (C=O) groups excluding carboxylic acids is 1. The number of carbonyl (C=O) groups is 1. The minimum Gasteiger partial charge on any atom is -0.364 e. The maximum absolute atomic E-state index is 14.3. The average molecular weight is 389 g/mol. The molecule has 0 bridgehead atoms. The molecule has 2 unspecified atom stereocenters. The third-order valence-electron chi connectivity index (χ3n) is 6.53. The molecule has 5 nitrogen and oxygen atoms in total. The van der Waals surface area contributed by atoms with Crippen LogP contribution in [0.3, 0.4) is 0 Å². The number of fused-ring (bicyclic) bond motifs is 1. The van der Waals surface area contributed by atoms with Crippen LogP contribution in [0, 0.1) is 11.8 Å². The van der Waals surface area contributed by atoms with Crippen molar-refractivity contribution in [3.63, 3.8) is 0 Å². The maximum atomic E-state index is 14.3. The minimum absolute atomic E-state index is 0.0851. The summed E-state index contributed by atoms with van der Waals surface area (Å²) in [5.41, 5.74) is 5.79. The highest BCUT2D eigenvalue weighted by atomic mass is 19.3. The molecule has 150 valence electrons. The minimum atomic E-state index is -2.72. The van der Waals surface area contributed by atoms with Crippen LogP contribution in [0.15, 0.2) is 23.1 Å². The fourth-order valence-electron chi connectivity index (χ4n) is 5.23. The molecule has 2 aromatic heterocycles. The fraction of sp³-hybridized carbons (Fsp3) is 0.571. The maximum Gasteiger partial charge on any atom is 0.268 e. The highest BCUT2D eigenvalue weighted by Gasteiger charge is 2.45. The summed E-state index contributed by atoms with van der Waals surface area (Å²) in [4.78, 5) is 31.4. The molecule has 1 amide bonds. The van der Waals surface area contributed by atoms with Crippen LogP contribution in [0.5, 0.6) is 0 Å². The molecule has 2 fully saturated rings. The fourth-order valence-corrected chi connectivity index (χ4v) is 5.23. The van der Waals surface area contributed by atoms with E-state index in [0.29, 0.717) is 23.5 Å². The Hall–Kier alpha value is -2.31. The van der Waals surface area contributed by atoms with Crippen LogP contribution >= 0.6 is 0 Å². The second kappa shape index (κ2) is 7.26. The number of aromatic nitrogens is 2. The monoisotopic (exact) mass is 389 g/mol. The first kappa shape index (κ1) is 19.0. The van der Waals surface area contributed by atoms with Gasteiger partial charge in [0.25, 0.3) is 5.91 Å². The molecular formula is C21H25F2N3O2. The first-order chi connectivity index (χ1) is 13.4. The van der Waals surface area contributed by atoms with Crippen molar-refractivity contribution in [2.45, 2.75) is 63.2 Å². The average Bonchev–Trinajstić information content (AvgIpc) is 2.67. The molecule has 0 aliphatic heterocycles. The van der Waals surface area contributed by atoms with Crippen LogP contribution < -0.4 is 11.2 Å². The van der Waals surface area contributed by atoms with Gasteiger partial charge in [-0.2, -0.15) is 0 Å². The topological polar surface area (TPSA) is 88.8 Å². The number of amides is 1. The van der Waals surface area contributed by atoms with Crippen LogP contribution in [0.2, 0.25) is 0 Å². The van der Waals surface area contributed by atoms with Gasteiger partial charge in [0.2, 0.25) is 5.92 Å². The Bertz CT molecular complexity index is 950. The van der Waals surface area contributed by atoms with Crippen LogP contribution in [0.25, 0.3) is 10.9 Å². The molecule has 2 heterocycles. The Morgan fingerprint density at radius 2 is 1.96 bits per heavy atom. The Balaban J connectivity index is 1.78. The molecule has 0 aromatic carbocycles. The number of alkyl halides is 2. The number of hydrogen-bond acceptors (Lipinski definition) is 3. The predicted molar refractivity (Wildman–Crippen MR) is 102 cm³/mol. The van der Waals surface area contributed by atoms with E-state index in [2.05, 4.69) is 9.97 Å². The molecule has 2 aliphatic carbocycles.